The predicted molar refractivity (Wildman–Crippen MR) is 102 cm³/mol. The van der Waals surface area contributed by atoms with Gasteiger partial charge in [-0.1, -0.05) is 19.0 Å². The van der Waals surface area contributed by atoms with Crippen LogP contribution in [0.2, 0.25) is 0 Å². The third-order valence-electron chi connectivity index (χ3n) is 5.07. The van der Waals surface area contributed by atoms with Gasteiger partial charge in [0.25, 0.3) is 0 Å². The van der Waals surface area contributed by atoms with E-state index in [0.717, 1.165) is 12.8 Å². The molecule has 4 rings (SSSR count). The molecule has 9 nitrogen and oxygen atoms in total. The predicted octanol–water partition coefficient (Wildman–Crippen LogP) is 3.05. The number of likely N-dealkylation sites (tertiary alicyclic amines) is 1. The fraction of sp³-hybridized carbons (Fsp3) is 0.474. The van der Waals surface area contributed by atoms with Crippen molar-refractivity contribution in [1.29, 1.82) is 0 Å². The Balaban J connectivity index is 1.47. The Morgan fingerprint density at radius 2 is 2.18 bits per heavy atom. The van der Waals surface area contributed by atoms with Crippen LogP contribution in [-0.4, -0.2) is 38.7 Å². The number of piperidine rings is 1. The van der Waals surface area contributed by atoms with E-state index in [0.29, 0.717) is 41.6 Å². The molecule has 1 aliphatic heterocycles. The second-order valence-corrected chi connectivity index (χ2v) is 7.47. The van der Waals surface area contributed by atoms with E-state index in [2.05, 4.69) is 15.5 Å². The van der Waals surface area contributed by atoms with Gasteiger partial charge in [-0.15, -0.1) is 0 Å². The van der Waals surface area contributed by atoms with Gasteiger partial charge in [-0.05, 0) is 31.0 Å². The van der Waals surface area contributed by atoms with E-state index in [1.54, 1.807) is 30.1 Å². The van der Waals surface area contributed by atoms with Crippen LogP contribution in [0.4, 0.5) is 10.5 Å². The molecule has 0 radical (unpaired) electrons. The molecular formula is C19H23N5O4. The SMILES string of the molecule is CC(C)c1noc([C@H]2CCCN(C(=O)Nc3ccc4oc(=O)n(C)c4c3)C2)n1. The van der Waals surface area contributed by atoms with Crippen LogP contribution in [-0.2, 0) is 7.05 Å². The molecule has 3 aromatic rings. The van der Waals surface area contributed by atoms with Gasteiger partial charge in [-0.25, -0.2) is 9.59 Å². The fourth-order valence-electron chi connectivity index (χ4n) is 3.42. The van der Waals surface area contributed by atoms with E-state index in [-0.39, 0.29) is 17.9 Å². The summed E-state index contributed by atoms with van der Waals surface area (Å²) in [6, 6.07) is 4.93. The molecule has 0 spiro atoms. The summed E-state index contributed by atoms with van der Waals surface area (Å²) in [5.41, 5.74) is 1.73. The quantitative estimate of drug-likeness (QED) is 0.743. The van der Waals surface area contributed by atoms with Gasteiger partial charge in [0.05, 0.1) is 11.4 Å². The zero-order valence-corrected chi connectivity index (χ0v) is 16.1. The Bertz CT molecular complexity index is 1060. The number of nitrogens with zero attached hydrogens (tertiary/aromatic N) is 4. The molecular weight excluding hydrogens is 362 g/mol. The molecule has 1 aromatic carbocycles. The highest BCUT2D eigenvalue weighted by Gasteiger charge is 2.29. The number of anilines is 1. The van der Waals surface area contributed by atoms with E-state index in [1.165, 1.54) is 4.57 Å². The summed E-state index contributed by atoms with van der Waals surface area (Å²) in [7, 11) is 1.63. The number of hydrogen-bond donors (Lipinski definition) is 1. The Morgan fingerprint density at radius 1 is 1.36 bits per heavy atom. The topological polar surface area (TPSA) is 106 Å². The van der Waals surface area contributed by atoms with Crippen LogP contribution in [0.1, 0.15) is 50.2 Å². The molecule has 28 heavy (non-hydrogen) atoms. The molecule has 2 amide bonds. The lowest BCUT2D eigenvalue weighted by Gasteiger charge is -2.31. The smallest absolute Gasteiger partial charge is 0.408 e. The van der Waals surface area contributed by atoms with Gasteiger partial charge >= 0.3 is 11.8 Å². The van der Waals surface area contributed by atoms with Crippen LogP contribution < -0.4 is 11.1 Å². The minimum Gasteiger partial charge on any atom is -0.408 e. The van der Waals surface area contributed by atoms with Crippen molar-refractivity contribution in [2.24, 2.45) is 7.05 Å². The molecule has 9 heteroatoms. The largest absolute Gasteiger partial charge is 0.419 e. The summed E-state index contributed by atoms with van der Waals surface area (Å²) in [6.07, 6.45) is 1.78. The van der Waals surface area contributed by atoms with Gasteiger partial charge in [0, 0.05) is 31.7 Å². The van der Waals surface area contributed by atoms with Crippen molar-refractivity contribution in [2.45, 2.75) is 38.5 Å². The lowest BCUT2D eigenvalue weighted by atomic mass is 9.98. The maximum atomic E-state index is 12.7. The van der Waals surface area contributed by atoms with E-state index in [9.17, 15) is 9.59 Å². The average Bonchev–Trinajstić information content (AvgIpc) is 3.28. The van der Waals surface area contributed by atoms with Crippen LogP contribution in [0.3, 0.4) is 0 Å². The van der Waals surface area contributed by atoms with Crippen LogP contribution in [0.15, 0.2) is 31.9 Å². The highest BCUT2D eigenvalue weighted by Crippen LogP contribution is 2.27. The van der Waals surface area contributed by atoms with Gasteiger partial charge in [0.2, 0.25) is 5.89 Å². The molecule has 2 aromatic heterocycles. The Labute approximate surface area is 161 Å². The second-order valence-electron chi connectivity index (χ2n) is 7.47. The molecule has 3 heterocycles. The molecule has 0 bridgehead atoms. The summed E-state index contributed by atoms with van der Waals surface area (Å²) in [6.45, 7) is 5.22. The summed E-state index contributed by atoms with van der Waals surface area (Å²) in [5.74, 6) is 1.09. The standard InChI is InChI=1S/C19H23N5O4/c1-11(2)16-21-17(28-22-16)12-5-4-8-24(10-12)18(25)20-13-6-7-15-14(9-13)23(3)19(26)27-15/h6-7,9,11-12H,4-5,8,10H2,1-3H3,(H,20,25)/t12-/m0/s1. The minimum atomic E-state index is -0.433. The number of nitrogens with one attached hydrogen (secondary N) is 1. The zero-order chi connectivity index (χ0) is 19.8. The molecule has 1 fully saturated rings. The number of benzene rings is 1. The van der Waals surface area contributed by atoms with E-state index in [4.69, 9.17) is 8.94 Å². The summed E-state index contributed by atoms with van der Waals surface area (Å²) in [4.78, 5) is 30.6. The first-order valence-corrected chi connectivity index (χ1v) is 9.41. The van der Waals surface area contributed by atoms with Crippen LogP contribution in [0.5, 0.6) is 0 Å². The third-order valence-corrected chi connectivity index (χ3v) is 5.07. The van der Waals surface area contributed by atoms with Crippen molar-refractivity contribution in [1.82, 2.24) is 19.6 Å². The second kappa shape index (κ2) is 7.14. The third kappa shape index (κ3) is 3.39. The van der Waals surface area contributed by atoms with Crippen molar-refractivity contribution in [2.75, 3.05) is 18.4 Å². The van der Waals surface area contributed by atoms with Gasteiger partial charge in [0.15, 0.2) is 11.4 Å². The average molecular weight is 385 g/mol. The Morgan fingerprint density at radius 3 is 2.93 bits per heavy atom. The van der Waals surface area contributed by atoms with Crippen molar-refractivity contribution < 1.29 is 13.7 Å². The maximum absolute atomic E-state index is 12.7. The highest BCUT2D eigenvalue weighted by molar-refractivity contribution is 5.91. The number of oxazole rings is 1. The van der Waals surface area contributed by atoms with Gasteiger partial charge < -0.3 is 19.2 Å². The number of amides is 2. The Kier molecular flexibility index (Phi) is 4.66. The van der Waals surface area contributed by atoms with Crippen molar-refractivity contribution in [3.8, 4) is 0 Å². The number of carbonyl (C=O) groups excluding carboxylic acids is 1. The van der Waals surface area contributed by atoms with E-state index < -0.39 is 5.76 Å². The molecule has 0 saturated carbocycles. The van der Waals surface area contributed by atoms with Crippen molar-refractivity contribution >= 4 is 22.8 Å². The summed E-state index contributed by atoms with van der Waals surface area (Å²) < 4.78 is 11.9. The summed E-state index contributed by atoms with van der Waals surface area (Å²) >= 11 is 0. The number of rotatable bonds is 3. The van der Waals surface area contributed by atoms with Gasteiger partial charge in [-0.2, -0.15) is 4.98 Å². The number of aryl methyl sites for hydroxylation is 1. The van der Waals surface area contributed by atoms with Crippen LogP contribution >= 0.6 is 0 Å². The number of carbonyl (C=O) groups is 1. The molecule has 1 atom stereocenters. The minimum absolute atomic E-state index is 0.0386. The number of hydrogen-bond acceptors (Lipinski definition) is 6. The van der Waals surface area contributed by atoms with Gasteiger partial charge in [0.1, 0.15) is 0 Å². The van der Waals surface area contributed by atoms with E-state index in [1.807, 2.05) is 13.8 Å². The molecule has 1 saturated heterocycles. The van der Waals surface area contributed by atoms with Gasteiger partial charge in [-0.3, -0.25) is 4.57 Å². The molecule has 148 valence electrons. The Hall–Kier alpha value is -3.10. The van der Waals surface area contributed by atoms with E-state index >= 15 is 0 Å². The van der Waals surface area contributed by atoms with Crippen molar-refractivity contribution in [3.05, 3.63) is 40.5 Å². The fourth-order valence-corrected chi connectivity index (χ4v) is 3.42. The normalized spacial score (nSPS) is 17.4. The molecule has 1 N–H and O–H groups in total. The monoisotopic (exact) mass is 385 g/mol. The first-order valence-electron chi connectivity index (χ1n) is 9.41. The number of urea groups is 1. The first-order chi connectivity index (χ1) is 13.4. The molecule has 1 aliphatic rings. The molecule has 0 unspecified atom stereocenters. The first kappa shape index (κ1) is 18.3. The van der Waals surface area contributed by atoms with Crippen LogP contribution in [0.25, 0.3) is 11.1 Å². The lowest BCUT2D eigenvalue weighted by molar-refractivity contribution is 0.184. The number of aromatic nitrogens is 3. The highest BCUT2D eigenvalue weighted by atomic mass is 16.5. The molecule has 0 aliphatic carbocycles. The summed E-state index contributed by atoms with van der Waals surface area (Å²) in [5, 5.41) is 6.92. The van der Waals surface area contributed by atoms with Crippen molar-refractivity contribution in [3.63, 3.8) is 0 Å². The van der Waals surface area contributed by atoms with Crippen LogP contribution in [0, 0.1) is 0 Å². The lowest BCUT2D eigenvalue weighted by Crippen LogP contribution is -2.41. The number of fused-ring (bicyclic) bond motifs is 1. The maximum Gasteiger partial charge on any atom is 0.419 e. The zero-order valence-electron chi connectivity index (χ0n) is 16.1.